The molecule has 1 aliphatic heterocycles. The van der Waals surface area contributed by atoms with E-state index in [1.165, 1.54) is 6.07 Å². The fraction of sp³-hybridized carbons (Fsp3) is 0.500. The summed E-state index contributed by atoms with van der Waals surface area (Å²) < 4.78 is 31.4. The molecule has 0 saturated carbocycles. The summed E-state index contributed by atoms with van der Waals surface area (Å²) in [7, 11) is 0. The molecule has 1 heterocycles. The topological polar surface area (TPSA) is 47.3 Å². The van der Waals surface area contributed by atoms with E-state index < -0.39 is 11.6 Å². The van der Waals surface area contributed by atoms with Crippen molar-refractivity contribution in [2.24, 2.45) is 5.84 Å². The Morgan fingerprint density at radius 1 is 1.41 bits per heavy atom. The average molecular weight is 242 g/mol. The van der Waals surface area contributed by atoms with Gasteiger partial charge in [0.2, 0.25) is 0 Å². The Labute approximate surface area is 98.9 Å². The Hall–Kier alpha value is -1.04. The predicted octanol–water partition coefficient (Wildman–Crippen LogP) is 1.52. The molecule has 3 nitrogen and oxygen atoms in total. The van der Waals surface area contributed by atoms with E-state index in [1.807, 2.05) is 0 Å². The van der Waals surface area contributed by atoms with E-state index in [2.05, 4.69) is 5.43 Å². The van der Waals surface area contributed by atoms with Gasteiger partial charge in [0.1, 0.15) is 0 Å². The lowest BCUT2D eigenvalue weighted by molar-refractivity contribution is 0.0784. The zero-order chi connectivity index (χ0) is 12.3. The molecule has 0 amide bonds. The fourth-order valence-electron chi connectivity index (χ4n) is 2.14. The minimum atomic E-state index is -0.830. The molecule has 0 radical (unpaired) electrons. The summed E-state index contributed by atoms with van der Waals surface area (Å²) in [5.41, 5.74) is 3.40. The van der Waals surface area contributed by atoms with Crippen molar-refractivity contribution >= 4 is 0 Å². The van der Waals surface area contributed by atoms with E-state index >= 15 is 0 Å². The first-order valence-electron chi connectivity index (χ1n) is 5.72. The van der Waals surface area contributed by atoms with Crippen LogP contribution in [0.4, 0.5) is 8.78 Å². The highest BCUT2D eigenvalue weighted by Crippen LogP contribution is 2.19. The maximum atomic E-state index is 13.1. The molecule has 1 aromatic carbocycles. The Morgan fingerprint density at radius 3 is 2.82 bits per heavy atom. The normalized spacial score (nSPS) is 21.7. The van der Waals surface area contributed by atoms with E-state index in [-0.39, 0.29) is 12.1 Å². The molecule has 2 unspecified atom stereocenters. The number of rotatable bonds is 4. The van der Waals surface area contributed by atoms with E-state index in [4.69, 9.17) is 10.6 Å². The van der Waals surface area contributed by atoms with Crippen molar-refractivity contribution in [2.45, 2.75) is 31.4 Å². The number of ether oxygens (including phenoxy) is 1. The van der Waals surface area contributed by atoms with Gasteiger partial charge in [-0.2, -0.15) is 0 Å². The van der Waals surface area contributed by atoms with Gasteiger partial charge in [-0.15, -0.1) is 0 Å². The number of nitrogens with one attached hydrogen (secondary N) is 1. The highest BCUT2D eigenvalue weighted by molar-refractivity contribution is 5.19. The summed E-state index contributed by atoms with van der Waals surface area (Å²) in [6, 6.07) is 3.84. The van der Waals surface area contributed by atoms with Gasteiger partial charge in [0.25, 0.3) is 0 Å². The van der Waals surface area contributed by atoms with Crippen LogP contribution in [0.15, 0.2) is 18.2 Å². The number of halogens is 2. The molecular weight excluding hydrogens is 226 g/mol. The lowest BCUT2D eigenvalue weighted by Crippen LogP contribution is -2.45. The summed E-state index contributed by atoms with van der Waals surface area (Å²) in [6.07, 6.45) is 2.53. The van der Waals surface area contributed by atoms with E-state index in [9.17, 15) is 8.78 Å². The molecule has 94 valence electrons. The second-order valence-corrected chi connectivity index (χ2v) is 4.28. The van der Waals surface area contributed by atoms with Crippen molar-refractivity contribution in [3.63, 3.8) is 0 Å². The summed E-state index contributed by atoms with van der Waals surface area (Å²) >= 11 is 0. The highest BCUT2D eigenvalue weighted by Gasteiger charge is 2.25. The Balaban J connectivity index is 2.04. The lowest BCUT2D eigenvalue weighted by Gasteiger charge is -2.22. The average Bonchev–Trinajstić information content (AvgIpc) is 2.84. The SMILES string of the molecule is NNC(Cc1ccc(F)c(F)c1)C1CCCO1. The molecule has 2 rings (SSSR count). The van der Waals surface area contributed by atoms with Gasteiger partial charge in [-0.3, -0.25) is 11.3 Å². The molecular formula is C12H16F2N2O. The molecule has 0 spiro atoms. The number of benzene rings is 1. The molecule has 0 aromatic heterocycles. The van der Waals surface area contributed by atoms with Crippen molar-refractivity contribution in [2.75, 3.05) is 6.61 Å². The maximum Gasteiger partial charge on any atom is 0.159 e. The van der Waals surface area contributed by atoms with Crippen LogP contribution in [-0.4, -0.2) is 18.8 Å². The zero-order valence-corrected chi connectivity index (χ0v) is 9.46. The first-order chi connectivity index (χ1) is 8.20. The van der Waals surface area contributed by atoms with Gasteiger partial charge < -0.3 is 4.74 Å². The number of hydrogen-bond donors (Lipinski definition) is 2. The van der Waals surface area contributed by atoms with Crippen LogP contribution in [0.3, 0.4) is 0 Å². The summed E-state index contributed by atoms with van der Waals surface area (Å²) in [5.74, 6) is 3.81. The molecule has 17 heavy (non-hydrogen) atoms. The van der Waals surface area contributed by atoms with E-state index in [0.29, 0.717) is 12.0 Å². The zero-order valence-electron chi connectivity index (χ0n) is 9.46. The van der Waals surface area contributed by atoms with Crippen LogP contribution in [0, 0.1) is 11.6 Å². The second kappa shape index (κ2) is 5.53. The van der Waals surface area contributed by atoms with Gasteiger partial charge in [0.05, 0.1) is 12.1 Å². The van der Waals surface area contributed by atoms with E-state index in [1.54, 1.807) is 6.07 Å². The number of hydrogen-bond acceptors (Lipinski definition) is 3. The van der Waals surface area contributed by atoms with Gasteiger partial charge in [-0.05, 0) is 37.0 Å². The molecule has 3 N–H and O–H groups in total. The smallest absolute Gasteiger partial charge is 0.159 e. The molecule has 5 heteroatoms. The molecule has 0 aliphatic carbocycles. The van der Waals surface area contributed by atoms with Gasteiger partial charge in [-0.25, -0.2) is 8.78 Å². The van der Waals surface area contributed by atoms with Crippen LogP contribution in [0.5, 0.6) is 0 Å². The van der Waals surface area contributed by atoms with Crippen LogP contribution in [0.2, 0.25) is 0 Å². The van der Waals surface area contributed by atoms with Crippen LogP contribution in [0.1, 0.15) is 18.4 Å². The van der Waals surface area contributed by atoms with Crippen molar-refractivity contribution in [3.8, 4) is 0 Å². The Bertz CT molecular complexity index is 381. The van der Waals surface area contributed by atoms with Crippen molar-refractivity contribution in [1.82, 2.24) is 5.43 Å². The number of nitrogens with two attached hydrogens (primary N) is 1. The fourth-order valence-corrected chi connectivity index (χ4v) is 2.14. The van der Waals surface area contributed by atoms with Gasteiger partial charge in [0, 0.05) is 6.61 Å². The molecule has 1 aromatic rings. The maximum absolute atomic E-state index is 13.1. The van der Waals surface area contributed by atoms with Gasteiger partial charge in [-0.1, -0.05) is 6.07 Å². The third-order valence-electron chi connectivity index (χ3n) is 3.07. The highest BCUT2D eigenvalue weighted by atomic mass is 19.2. The second-order valence-electron chi connectivity index (χ2n) is 4.28. The lowest BCUT2D eigenvalue weighted by atomic mass is 10.00. The quantitative estimate of drug-likeness (QED) is 0.621. The molecule has 0 bridgehead atoms. The van der Waals surface area contributed by atoms with Crippen LogP contribution >= 0.6 is 0 Å². The minimum Gasteiger partial charge on any atom is -0.377 e. The molecule has 2 atom stereocenters. The Morgan fingerprint density at radius 2 is 2.24 bits per heavy atom. The standard InChI is InChI=1S/C12H16F2N2O/c13-9-4-3-8(6-10(9)14)7-11(16-15)12-2-1-5-17-12/h3-4,6,11-12,16H,1-2,5,7,15H2. The Kier molecular flexibility index (Phi) is 4.04. The summed E-state index contributed by atoms with van der Waals surface area (Å²) in [4.78, 5) is 0. The summed E-state index contributed by atoms with van der Waals surface area (Å²) in [5, 5.41) is 0. The third-order valence-corrected chi connectivity index (χ3v) is 3.07. The van der Waals surface area contributed by atoms with E-state index in [0.717, 1.165) is 25.5 Å². The third kappa shape index (κ3) is 3.00. The molecule has 1 fully saturated rings. The monoisotopic (exact) mass is 242 g/mol. The predicted molar refractivity (Wildman–Crippen MR) is 60.1 cm³/mol. The van der Waals surface area contributed by atoms with Crippen LogP contribution in [0.25, 0.3) is 0 Å². The van der Waals surface area contributed by atoms with Gasteiger partial charge in [0.15, 0.2) is 11.6 Å². The van der Waals surface area contributed by atoms with Crippen molar-refractivity contribution in [3.05, 3.63) is 35.4 Å². The van der Waals surface area contributed by atoms with Crippen LogP contribution < -0.4 is 11.3 Å². The largest absolute Gasteiger partial charge is 0.377 e. The summed E-state index contributed by atoms with van der Waals surface area (Å²) in [6.45, 7) is 0.737. The van der Waals surface area contributed by atoms with Crippen molar-refractivity contribution in [1.29, 1.82) is 0 Å². The van der Waals surface area contributed by atoms with Gasteiger partial charge >= 0.3 is 0 Å². The van der Waals surface area contributed by atoms with Crippen molar-refractivity contribution < 1.29 is 13.5 Å². The first-order valence-corrected chi connectivity index (χ1v) is 5.72. The molecule has 1 saturated heterocycles. The van der Waals surface area contributed by atoms with Crippen LogP contribution in [-0.2, 0) is 11.2 Å². The first kappa shape index (κ1) is 12.4. The minimum absolute atomic E-state index is 0.0492. The molecule has 1 aliphatic rings. The number of hydrazine groups is 1.